The first kappa shape index (κ1) is 7.78. The highest BCUT2D eigenvalue weighted by molar-refractivity contribution is 4.83. The Bertz CT molecular complexity index is 224. The lowest BCUT2D eigenvalue weighted by Gasteiger charge is -2.02. The Morgan fingerprint density at radius 3 is 2.33 bits per heavy atom. The maximum Gasteiger partial charge on any atom is 0.168 e. The molecule has 1 heterocycles. The Hall–Kier alpha value is -0.850. The zero-order valence-corrected chi connectivity index (χ0v) is 7.45. The first-order valence-electron chi connectivity index (χ1n) is 4.89. The Balaban J connectivity index is 1.94. The molecule has 12 heavy (non-hydrogen) atoms. The number of nitrogens with zero attached hydrogens (tertiary/aromatic N) is 1. The first-order chi connectivity index (χ1) is 5.95. The lowest BCUT2D eigenvalue weighted by atomic mass is 10.1. The van der Waals surface area contributed by atoms with E-state index < -0.39 is 0 Å². The highest BCUT2D eigenvalue weighted by Crippen LogP contribution is 2.24. The molecule has 1 nitrogen and oxygen atoms in total. The molecule has 1 aliphatic carbocycles. The molecule has 1 saturated carbocycles. The fourth-order valence-electron chi connectivity index (χ4n) is 2.05. The van der Waals surface area contributed by atoms with Crippen molar-refractivity contribution >= 4 is 0 Å². The summed E-state index contributed by atoms with van der Waals surface area (Å²) in [6.45, 7) is 1.22. The van der Waals surface area contributed by atoms with Gasteiger partial charge in [-0.15, -0.1) is 0 Å². The van der Waals surface area contributed by atoms with E-state index in [2.05, 4.69) is 35.2 Å². The average molecular weight is 162 g/mol. The normalized spacial score (nSPS) is 18.3. The summed E-state index contributed by atoms with van der Waals surface area (Å²) in [5, 5.41) is 0. The summed E-state index contributed by atoms with van der Waals surface area (Å²) in [5.74, 6) is 0.942. The SMILES string of the molecule is c1cc[n+](CC2CCCC2)cc1. The van der Waals surface area contributed by atoms with Crippen LogP contribution in [0.5, 0.6) is 0 Å². The molecule has 1 fully saturated rings. The zero-order valence-electron chi connectivity index (χ0n) is 7.45. The summed E-state index contributed by atoms with van der Waals surface area (Å²) < 4.78 is 2.30. The van der Waals surface area contributed by atoms with E-state index in [1.165, 1.54) is 32.2 Å². The van der Waals surface area contributed by atoms with Crippen LogP contribution in [0.15, 0.2) is 30.6 Å². The van der Waals surface area contributed by atoms with Crippen molar-refractivity contribution in [3.05, 3.63) is 30.6 Å². The maximum atomic E-state index is 2.30. The van der Waals surface area contributed by atoms with Crippen molar-refractivity contribution in [2.24, 2.45) is 5.92 Å². The third kappa shape index (κ3) is 1.84. The van der Waals surface area contributed by atoms with Crippen LogP contribution in [-0.2, 0) is 6.54 Å². The summed E-state index contributed by atoms with van der Waals surface area (Å²) >= 11 is 0. The monoisotopic (exact) mass is 162 g/mol. The van der Waals surface area contributed by atoms with Crippen LogP contribution in [0.25, 0.3) is 0 Å². The van der Waals surface area contributed by atoms with E-state index in [0.717, 1.165) is 5.92 Å². The molecule has 1 aromatic rings. The zero-order chi connectivity index (χ0) is 8.23. The molecule has 64 valence electrons. The Kier molecular flexibility index (Phi) is 2.40. The van der Waals surface area contributed by atoms with Gasteiger partial charge in [0.05, 0.1) is 0 Å². The van der Waals surface area contributed by atoms with Gasteiger partial charge in [0.25, 0.3) is 0 Å². The van der Waals surface area contributed by atoms with Gasteiger partial charge in [0, 0.05) is 18.1 Å². The van der Waals surface area contributed by atoms with E-state index in [9.17, 15) is 0 Å². The summed E-state index contributed by atoms with van der Waals surface area (Å²) in [7, 11) is 0. The van der Waals surface area contributed by atoms with E-state index in [4.69, 9.17) is 0 Å². The molecule has 0 radical (unpaired) electrons. The fraction of sp³-hybridized carbons (Fsp3) is 0.545. The molecule has 0 aliphatic heterocycles. The fourth-order valence-corrected chi connectivity index (χ4v) is 2.05. The molecular weight excluding hydrogens is 146 g/mol. The number of hydrogen-bond acceptors (Lipinski definition) is 0. The van der Waals surface area contributed by atoms with Gasteiger partial charge in [0.1, 0.15) is 0 Å². The molecule has 0 atom stereocenters. The standard InChI is InChI=1S/C11H16N/c1-4-8-12(9-5-1)10-11-6-2-3-7-11/h1,4-5,8-9,11H,2-3,6-7,10H2/q+1. The molecule has 0 N–H and O–H groups in total. The predicted octanol–water partition coefficient (Wildman–Crippen LogP) is 2.16. The van der Waals surface area contributed by atoms with Gasteiger partial charge >= 0.3 is 0 Å². The van der Waals surface area contributed by atoms with Gasteiger partial charge < -0.3 is 0 Å². The lowest BCUT2D eigenvalue weighted by Crippen LogP contribution is -2.35. The van der Waals surface area contributed by atoms with Crippen LogP contribution in [0.1, 0.15) is 25.7 Å². The van der Waals surface area contributed by atoms with Gasteiger partial charge in [-0.2, -0.15) is 0 Å². The lowest BCUT2D eigenvalue weighted by molar-refractivity contribution is -0.703. The Morgan fingerprint density at radius 2 is 1.67 bits per heavy atom. The highest BCUT2D eigenvalue weighted by atomic mass is 14.9. The summed E-state index contributed by atoms with van der Waals surface area (Å²) in [4.78, 5) is 0. The summed E-state index contributed by atoms with van der Waals surface area (Å²) in [5.41, 5.74) is 0. The second kappa shape index (κ2) is 3.70. The number of pyridine rings is 1. The van der Waals surface area contributed by atoms with E-state index in [-0.39, 0.29) is 0 Å². The van der Waals surface area contributed by atoms with Gasteiger partial charge in [-0.25, -0.2) is 4.57 Å². The van der Waals surface area contributed by atoms with Gasteiger partial charge in [-0.3, -0.25) is 0 Å². The van der Waals surface area contributed by atoms with Crippen LogP contribution in [-0.4, -0.2) is 0 Å². The molecule has 0 spiro atoms. The largest absolute Gasteiger partial charge is 0.205 e. The third-order valence-corrected chi connectivity index (χ3v) is 2.72. The number of rotatable bonds is 2. The van der Waals surface area contributed by atoms with Gasteiger partial charge in [-0.05, 0) is 12.8 Å². The van der Waals surface area contributed by atoms with E-state index >= 15 is 0 Å². The van der Waals surface area contributed by atoms with Crippen molar-refractivity contribution in [1.82, 2.24) is 0 Å². The van der Waals surface area contributed by atoms with E-state index in [1.54, 1.807) is 0 Å². The second-order valence-corrected chi connectivity index (χ2v) is 3.72. The number of aromatic nitrogens is 1. The molecule has 1 heteroatoms. The van der Waals surface area contributed by atoms with Crippen LogP contribution >= 0.6 is 0 Å². The third-order valence-electron chi connectivity index (χ3n) is 2.72. The molecule has 0 unspecified atom stereocenters. The van der Waals surface area contributed by atoms with Crippen LogP contribution < -0.4 is 4.57 Å². The molecule has 0 aromatic carbocycles. The van der Waals surface area contributed by atoms with Crippen LogP contribution in [0.4, 0.5) is 0 Å². The minimum atomic E-state index is 0.942. The molecule has 1 aromatic heterocycles. The van der Waals surface area contributed by atoms with Crippen molar-refractivity contribution in [2.45, 2.75) is 32.2 Å². The molecular formula is C11H16N+. The van der Waals surface area contributed by atoms with Crippen molar-refractivity contribution in [1.29, 1.82) is 0 Å². The molecule has 1 aliphatic rings. The van der Waals surface area contributed by atoms with Gasteiger partial charge in [0.15, 0.2) is 18.9 Å². The quantitative estimate of drug-likeness (QED) is 0.587. The summed E-state index contributed by atoms with van der Waals surface area (Å²) in [6, 6.07) is 6.29. The van der Waals surface area contributed by atoms with Gasteiger partial charge in [0.2, 0.25) is 0 Å². The molecule has 0 bridgehead atoms. The minimum Gasteiger partial charge on any atom is -0.205 e. The summed E-state index contributed by atoms with van der Waals surface area (Å²) in [6.07, 6.45) is 10.1. The first-order valence-corrected chi connectivity index (χ1v) is 4.89. The topological polar surface area (TPSA) is 3.88 Å². The molecule has 2 rings (SSSR count). The Labute approximate surface area is 74.0 Å². The Morgan fingerprint density at radius 1 is 1.00 bits per heavy atom. The van der Waals surface area contributed by atoms with E-state index in [0.29, 0.717) is 0 Å². The van der Waals surface area contributed by atoms with Crippen molar-refractivity contribution in [3.63, 3.8) is 0 Å². The predicted molar refractivity (Wildman–Crippen MR) is 48.6 cm³/mol. The number of hydrogen-bond donors (Lipinski definition) is 0. The second-order valence-electron chi connectivity index (χ2n) is 3.72. The van der Waals surface area contributed by atoms with Crippen molar-refractivity contribution in [2.75, 3.05) is 0 Å². The molecule has 0 saturated heterocycles. The van der Waals surface area contributed by atoms with Gasteiger partial charge in [-0.1, -0.05) is 18.9 Å². The molecule has 0 amide bonds. The minimum absolute atomic E-state index is 0.942. The van der Waals surface area contributed by atoms with Crippen molar-refractivity contribution < 1.29 is 4.57 Å². The van der Waals surface area contributed by atoms with Crippen LogP contribution in [0.3, 0.4) is 0 Å². The average Bonchev–Trinajstić information content (AvgIpc) is 2.59. The van der Waals surface area contributed by atoms with Crippen LogP contribution in [0.2, 0.25) is 0 Å². The van der Waals surface area contributed by atoms with Crippen LogP contribution in [0, 0.1) is 5.92 Å². The maximum absolute atomic E-state index is 2.30. The highest BCUT2D eigenvalue weighted by Gasteiger charge is 2.18. The van der Waals surface area contributed by atoms with Crippen molar-refractivity contribution in [3.8, 4) is 0 Å². The van der Waals surface area contributed by atoms with E-state index in [1.807, 2.05) is 0 Å². The smallest absolute Gasteiger partial charge is 0.168 e.